The number of primary sulfonamides is 1. The minimum Gasteiger partial charge on any atom is -0.398 e. The van der Waals surface area contributed by atoms with Gasteiger partial charge in [-0.1, -0.05) is 0 Å². The Balaban J connectivity index is 2.98. The van der Waals surface area contributed by atoms with Crippen LogP contribution in [0.25, 0.3) is 0 Å². The van der Waals surface area contributed by atoms with Gasteiger partial charge in [0.15, 0.2) is 0 Å². The van der Waals surface area contributed by atoms with E-state index in [4.69, 9.17) is 10.9 Å². The molecule has 0 radical (unpaired) electrons. The minimum absolute atomic E-state index is 0.0648. The zero-order chi connectivity index (χ0) is 14.8. The van der Waals surface area contributed by atoms with Crippen molar-refractivity contribution in [3.8, 4) is 0 Å². The van der Waals surface area contributed by atoms with Crippen LogP contribution in [0.5, 0.6) is 0 Å². The summed E-state index contributed by atoms with van der Waals surface area (Å²) in [4.78, 5) is -0.0648. The number of nitrogen functional groups attached to an aromatic ring is 1. The van der Waals surface area contributed by atoms with Crippen LogP contribution < -0.4 is 15.6 Å². The molecule has 0 amide bonds. The first-order chi connectivity index (χ1) is 8.53. The fraction of sp³-hybridized carbons (Fsp3) is 0.400. The van der Waals surface area contributed by atoms with Crippen LogP contribution in [0, 0.1) is 13.8 Å². The van der Waals surface area contributed by atoms with E-state index in [1.165, 1.54) is 6.07 Å². The second kappa shape index (κ2) is 5.45. The van der Waals surface area contributed by atoms with Crippen LogP contribution in [-0.2, 0) is 20.0 Å². The lowest BCUT2D eigenvalue weighted by Crippen LogP contribution is -2.32. The van der Waals surface area contributed by atoms with Crippen molar-refractivity contribution in [1.29, 1.82) is 0 Å². The van der Waals surface area contributed by atoms with Gasteiger partial charge in [-0.25, -0.2) is 26.7 Å². The van der Waals surface area contributed by atoms with E-state index in [0.29, 0.717) is 0 Å². The first-order valence-electron chi connectivity index (χ1n) is 5.40. The summed E-state index contributed by atoms with van der Waals surface area (Å²) >= 11 is 0. The Hall–Kier alpha value is -1.16. The van der Waals surface area contributed by atoms with Gasteiger partial charge in [0.1, 0.15) is 4.90 Å². The third-order valence-electron chi connectivity index (χ3n) is 2.59. The average molecular weight is 307 g/mol. The number of benzene rings is 1. The van der Waals surface area contributed by atoms with Crippen LogP contribution in [0.4, 0.5) is 5.69 Å². The van der Waals surface area contributed by atoms with Crippen molar-refractivity contribution in [2.75, 3.05) is 18.0 Å². The van der Waals surface area contributed by atoms with Gasteiger partial charge in [0.2, 0.25) is 20.0 Å². The van der Waals surface area contributed by atoms with Crippen molar-refractivity contribution in [3.05, 3.63) is 23.3 Å². The van der Waals surface area contributed by atoms with E-state index in [9.17, 15) is 16.8 Å². The van der Waals surface area contributed by atoms with Crippen LogP contribution in [0.2, 0.25) is 0 Å². The van der Waals surface area contributed by atoms with E-state index < -0.39 is 25.8 Å². The SMILES string of the molecule is Cc1cc(N)c(S(=O)(=O)NCCS(N)(=O)=O)cc1C. The molecule has 0 aliphatic rings. The van der Waals surface area contributed by atoms with Crippen molar-refractivity contribution in [2.45, 2.75) is 18.7 Å². The Morgan fingerprint density at radius 3 is 2.16 bits per heavy atom. The zero-order valence-electron chi connectivity index (χ0n) is 10.7. The molecule has 0 saturated carbocycles. The van der Waals surface area contributed by atoms with Gasteiger partial charge in [-0.15, -0.1) is 0 Å². The lowest BCUT2D eigenvalue weighted by molar-refractivity contribution is 0.581. The number of hydrogen-bond donors (Lipinski definition) is 3. The molecule has 0 fully saturated rings. The molecule has 19 heavy (non-hydrogen) atoms. The molecule has 9 heteroatoms. The van der Waals surface area contributed by atoms with Crippen molar-refractivity contribution < 1.29 is 16.8 Å². The average Bonchev–Trinajstić information content (AvgIpc) is 2.20. The summed E-state index contributed by atoms with van der Waals surface area (Å²) in [6.07, 6.45) is 0. The molecule has 108 valence electrons. The lowest BCUT2D eigenvalue weighted by atomic mass is 10.1. The van der Waals surface area contributed by atoms with Gasteiger partial charge in [-0.2, -0.15) is 0 Å². The van der Waals surface area contributed by atoms with Gasteiger partial charge >= 0.3 is 0 Å². The number of nitrogens with two attached hydrogens (primary N) is 2. The van der Waals surface area contributed by atoms with Gasteiger partial charge < -0.3 is 5.73 Å². The molecule has 0 spiro atoms. The summed E-state index contributed by atoms with van der Waals surface area (Å²) < 4.78 is 47.6. The third kappa shape index (κ3) is 4.46. The molecule has 1 rings (SSSR count). The summed E-state index contributed by atoms with van der Waals surface area (Å²) in [6, 6.07) is 3.01. The highest BCUT2D eigenvalue weighted by Gasteiger charge is 2.18. The first-order valence-corrected chi connectivity index (χ1v) is 8.59. The number of hydrogen-bond acceptors (Lipinski definition) is 5. The standard InChI is InChI=1S/C10H17N3O4S2/c1-7-5-9(11)10(6-8(7)2)19(16,17)13-3-4-18(12,14)15/h5-6,13H,3-4,11H2,1-2H3,(H2,12,14,15). The summed E-state index contributed by atoms with van der Waals surface area (Å²) in [7, 11) is -7.56. The second-order valence-corrected chi connectivity index (χ2v) is 7.71. The maximum Gasteiger partial charge on any atom is 0.242 e. The van der Waals surface area contributed by atoms with Crippen LogP contribution >= 0.6 is 0 Å². The fourth-order valence-corrected chi connectivity index (χ4v) is 3.18. The zero-order valence-corrected chi connectivity index (χ0v) is 12.3. The number of aryl methyl sites for hydroxylation is 2. The smallest absolute Gasteiger partial charge is 0.242 e. The molecule has 0 bridgehead atoms. The van der Waals surface area contributed by atoms with Crippen LogP contribution in [0.15, 0.2) is 17.0 Å². The van der Waals surface area contributed by atoms with Gasteiger partial charge in [-0.3, -0.25) is 0 Å². The number of rotatable bonds is 5. The van der Waals surface area contributed by atoms with Gasteiger partial charge in [-0.05, 0) is 37.1 Å². The van der Waals surface area contributed by atoms with Crippen molar-refractivity contribution in [1.82, 2.24) is 4.72 Å². The predicted octanol–water partition coefficient (Wildman–Crippen LogP) is -0.548. The van der Waals surface area contributed by atoms with Gasteiger partial charge in [0.05, 0.1) is 11.4 Å². The summed E-state index contributed by atoms with van der Waals surface area (Å²) in [6.45, 7) is 3.28. The van der Waals surface area contributed by atoms with E-state index in [1.54, 1.807) is 13.0 Å². The van der Waals surface area contributed by atoms with Crippen LogP contribution in [0.1, 0.15) is 11.1 Å². The van der Waals surface area contributed by atoms with Crippen molar-refractivity contribution in [3.63, 3.8) is 0 Å². The molecule has 7 nitrogen and oxygen atoms in total. The van der Waals surface area contributed by atoms with Crippen molar-refractivity contribution in [2.24, 2.45) is 5.14 Å². The molecule has 0 atom stereocenters. The van der Waals surface area contributed by atoms with Crippen molar-refractivity contribution >= 4 is 25.7 Å². The van der Waals surface area contributed by atoms with E-state index >= 15 is 0 Å². The number of sulfonamides is 2. The molecule has 5 N–H and O–H groups in total. The van der Waals surface area contributed by atoms with E-state index in [0.717, 1.165) is 11.1 Å². The molecule has 0 aromatic heterocycles. The Bertz CT molecular complexity index is 681. The first kappa shape index (κ1) is 15.9. The Morgan fingerprint density at radius 1 is 1.11 bits per heavy atom. The second-order valence-electron chi connectivity index (χ2n) is 4.24. The van der Waals surface area contributed by atoms with Gasteiger partial charge in [0, 0.05) is 6.54 Å². The largest absolute Gasteiger partial charge is 0.398 e. The maximum absolute atomic E-state index is 12.0. The predicted molar refractivity (Wildman–Crippen MR) is 73.5 cm³/mol. The van der Waals surface area contributed by atoms with Crippen LogP contribution in [-0.4, -0.2) is 29.1 Å². The van der Waals surface area contributed by atoms with E-state index in [2.05, 4.69) is 4.72 Å². The monoisotopic (exact) mass is 307 g/mol. The third-order valence-corrected chi connectivity index (χ3v) is 4.88. The molecule has 0 aliphatic heterocycles. The van der Waals surface area contributed by atoms with Crippen LogP contribution in [0.3, 0.4) is 0 Å². The highest BCUT2D eigenvalue weighted by atomic mass is 32.2. The highest BCUT2D eigenvalue weighted by molar-refractivity contribution is 7.90. The molecule has 0 heterocycles. The number of anilines is 1. The molecule has 0 aliphatic carbocycles. The van der Waals surface area contributed by atoms with E-state index in [-0.39, 0.29) is 17.1 Å². The molecular formula is C10H17N3O4S2. The molecule has 0 saturated heterocycles. The van der Waals surface area contributed by atoms with Gasteiger partial charge in [0.25, 0.3) is 0 Å². The maximum atomic E-state index is 12.0. The lowest BCUT2D eigenvalue weighted by Gasteiger charge is -2.11. The highest BCUT2D eigenvalue weighted by Crippen LogP contribution is 2.22. The Labute approximate surface area is 113 Å². The fourth-order valence-electron chi connectivity index (χ4n) is 1.44. The topological polar surface area (TPSA) is 132 Å². The molecular weight excluding hydrogens is 290 g/mol. The molecule has 1 aromatic carbocycles. The van der Waals surface area contributed by atoms with E-state index in [1.807, 2.05) is 6.92 Å². The Morgan fingerprint density at radius 2 is 1.63 bits per heavy atom. The number of nitrogens with one attached hydrogen (secondary N) is 1. The summed E-state index contributed by atoms with van der Waals surface area (Å²) in [5, 5.41) is 4.79. The molecule has 1 aromatic rings. The normalized spacial score (nSPS) is 12.6. The summed E-state index contributed by atoms with van der Waals surface area (Å²) in [5.74, 6) is -0.475. The minimum atomic E-state index is -3.85. The quantitative estimate of drug-likeness (QED) is 0.628. The Kier molecular flexibility index (Phi) is 4.56. The molecule has 0 unspecified atom stereocenters. The summed E-state index contributed by atoms with van der Waals surface area (Å²) in [5.41, 5.74) is 7.44.